The van der Waals surface area contributed by atoms with Gasteiger partial charge in [-0.3, -0.25) is 9.59 Å². The number of terminal acetylenes is 1. The number of ether oxygens (including phenoxy) is 40. The molecule has 798 valence electrons. The first-order chi connectivity index (χ1) is 66.4. The first-order valence-electron chi connectivity index (χ1n) is 48.0. The van der Waals surface area contributed by atoms with Gasteiger partial charge in [-0.1, -0.05) is 26.7 Å². The molecule has 42 heteroatoms. The van der Waals surface area contributed by atoms with E-state index in [1.807, 2.05) is 20.8 Å². The van der Waals surface area contributed by atoms with Crippen molar-refractivity contribution in [1.29, 1.82) is 0 Å². The van der Waals surface area contributed by atoms with E-state index < -0.39 is 0 Å². The molecule has 0 bridgehead atoms. The molecular formula is C92H178O42. The summed E-state index contributed by atoms with van der Waals surface area (Å²) < 4.78 is 221. The van der Waals surface area contributed by atoms with Crippen molar-refractivity contribution < 1.29 is 199 Å². The summed E-state index contributed by atoms with van der Waals surface area (Å²) >= 11 is 0. The summed E-state index contributed by atoms with van der Waals surface area (Å²) in [5.74, 6) is 2.74. The van der Waals surface area contributed by atoms with E-state index in [9.17, 15) is 9.59 Å². The molecule has 0 amide bonds. The molecule has 0 saturated heterocycles. The van der Waals surface area contributed by atoms with Crippen LogP contribution in [0.15, 0.2) is 0 Å². The molecule has 0 radical (unpaired) electrons. The van der Waals surface area contributed by atoms with Crippen LogP contribution >= 0.6 is 0 Å². The van der Waals surface area contributed by atoms with Gasteiger partial charge in [-0.2, -0.15) is 0 Å². The van der Waals surface area contributed by atoms with Crippen LogP contribution in [0.25, 0.3) is 0 Å². The second-order valence-electron chi connectivity index (χ2n) is 29.0. The number of ketones is 2. The molecule has 0 aliphatic rings. The van der Waals surface area contributed by atoms with Crippen molar-refractivity contribution in [3.05, 3.63) is 0 Å². The SMILES string of the molecule is C#CCOCCOCCOCCOCCC(=O)CCCOCCOCCOCCOCCOCCOCCOCCOCCOCCOCCOCCOCCOCCOCCOCCOCCOCCOCCOCCOCCOCCOCCOCCOCCOCCOCCOCCOCCOCCOCCOCCOCCOCCOCCOCCOCCC(=O)C(C)(C)C. The Hall–Kier alpha value is -2.70. The molecule has 0 aliphatic heterocycles. The standard InChI is InChI=1S/C92H178O42/c1-5-10-95-14-18-99-22-24-101-20-16-97-12-8-90(93)7-6-11-96-15-19-100-23-26-103-28-30-105-32-34-107-36-38-109-40-42-111-44-46-113-48-50-115-52-54-117-56-58-119-60-62-121-64-66-123-68-70-125-72-74-127-76-78-129-80-82-131-84-86-133-88-89-134-87-85-132-83-81-130-79-77-128-75-73-126-71-69-124-67-65-122-63-61-120-59-57-118-55-53-116-51-49-114-47-45-112-43-41-110-39-37-108-35-33-106-31-29-104-27-25-102-21-17-98-13-9-91(94)92(2,3)4/h1H,6-89H2,2-4H3. The van der Waals surface area contributed by atoms with Crippen LogP contribution in [0.4, 0.5) is 0 Å². The average Bonchev–Trinajstić information content (AvgIpc) is 0.921. The highest BCUT2D eigenvalue weighted by Crippen LogP contribution is 2.16. The first-order valence-corrected chi connectivity index (χ1v) is 48.0. The van der Waals surface area contributed by atoms with Crippen molar-refractivity contribution in [2.75, 3.05) is 529 Å². The molecule has 42 nitrogen and oxygen atoms in total. The Bertz CT molecular complexity index is 2180. The second-order valence-corrected chi connectivity index (χ2v) is 29.0. The van der Waals surface area contributed by atoms with Gasteiger partial charge in [0, 0.05) is 31.3 Å². The van der Waals surface area contributed by atoms with E-state index in [1.54, 1.807) is 0 Å². The smallest absolute Gasteiger partial charge is 0.140 e. The quantitative estimate of drug-likeness (QED) is 0.0623. The molecule has 0 fully saturated rings. The third-order valence-electron chi connectivity index (χ3n) is 16.9. The topological polar surface area (TPSA) is 403 Å². The van der Waals surface area contributed by atoms with Crippen LogP contribution in [-0.4, -0.2) is 540 Å². The molecule has 0 saturated carbocycles. The fourth-order valence-corrected chi connectivity index (χ4v) is 9.81. The molecule has 0 aliphatic carbocycles. The van der Waals surface area contributed by atoms with Gasteiger partial charge in [0.1, 0.15) is 18.2 Å². The summed E-state index contributed by atoms with van der Waals surface area (Å²) in [6.45, 7) is 43.2. The Morgan fingerprint density at radius 3 is 0.373 bits per heavy atom. The van der Waals surface area contributed by atoms with Gasteiger partial charge in [-0.15, -0.1) is 6.42 Å². The Kier molecular flexibility index (Phi) is 118. The lowest BCUT2D eigenvalue weighted by molar-refractivity contribution is -0.127. The Balaban J connectivity index is 3.12. The number of hydrogen-bond acceptors (Lipinski definition) is 42. The minimum atomic E-state index is -0.328. The van der Waals surface area contributed by atoms with Gasteiger partial charge in [-0.05, 0) is 6.42 Å². The molecule has 0 unspecified atom stereocenters. The molecule has 0 aromatic heterocycles. The monoisotopic (exact) mass is 1960 g/mol. The molecule has 0 rings (SSSR count). The van der Waals surface area contributed by atoms with E-state index in [2.05, 4.69) is 5.92 Å². The van der Waals surface area contributed by atoms with Crippen LogP contribution in [0.3, 0.4) is 0 Å². The summed E-state index contributed by atoms with van der Waals surface area (Å²) in [5, 5.41) is 0. The molecule has 0 atom stereocenters. The number of carbonyl (C=O) groups is 2. The predicted molar refractivity (Wildman–Crippen MR) is 490 cm³/mol. The van der Waals surface area contributed by atoms with E-state index in [0.29, 0.717) is 548 Å². The van der Waals surface area contributed by atoms with E-state index in [-0.39, 0.29) is 23.6 Å². The Labute approximate surface area is 800 Å². The fraction of sp³-hybridized carbons (Fsp3) is 0.957. The van der Waals surface area contributed by atoms with Gasteiger partial charge >= 0.3 is 0 Å². The number of rotatable bonds is 125. The number of hydrogen-bond donors (Lipinski definition) is 0. The number of carbonyl (C=O) groups excluding carboxylic acids is 2. The molecular weight excluding hydrogens is 1780 g/mol. The summed E-state index contributed by atoms with van der Waals surface area (Å²) in [6.07, 6.45) is 7.02. The van der Waals surface area contributed by atoms with Gasteiger partial charge in [0.15, 0.2) is 0 Å². The number of Topliss-reactive ketones (excluding diaryl/α,β-unsaturated/α-hetero) is 2. The van der Waals surface area contributed by atoms with Crippen molar-refractivity contribution in [3.63, 3.8) is 0 Å². The second kappa shape index (κ2) is 121. The van der Waals surface area contributed by atoms with E-state index in [4.69, 9.17) is 196 Å². The lowest BCUT2D eigenvalue weighted by Crippen LogP contribution is -2.22. The molecule has 0 spiro atoms. The van der Waals surface area contributed by atoms with E-state index >= 15 is 0 Å². The zero-order valence-corrected chi connectivity index (χ0v) is 82.1. The highest BCUT2D eigenvalue weighted by molar-refractivity contribution is 5.83. The van der Waals surface area contributed by atoms with Crippen LogP contribution in [0.1, 0.15) is 46.5 Å². The minimum absolute atomic E-state index is 0.150. The molecule has 0 aromatic rings. The maximum atomic E-state index is 12.0. The molecule has 0 aromatic carbocycles. The zero-order chi connectivity index (χ0) is 96.0. The van der Waals surface area contributed by atoms with Crippen LogP contribution in [0, 0.1) is 17.8 Å². The summed E-state index contributed by atoms with van der Waals surface area (Å²) in [7, 11) is 0. The van der Waals surface area contributed by atoms with Crippen molar-refractivity contribution in [1.82, 2.24) is 0 Å². The summed E-state index contributed by atoms with van der Waals surface area (Å²) in [5.41, 5.74) is -0.328. The van der Waals surface area contributed by atoms with Gasteiger partial charge in [0.05, 0.1) is 515 Å². The lowest BCUT2D eigenvalue weighted by atomic mass is 9.89. The highest BCUT2D eigenvalue weighted by Gasteiger charge is 2.20. The largest absolute Gasteiger partial charge is 0.379 e. The van der Waals surface area contributed by atoms with Gasteiger partial charge in [0.25, 0.3) is 0 Å². The van der Waals surface area contributed by atoms with Gasteiger partial charge < -0.3 is 189 Å². The van der Waals surface area contributed by atoms with Crippen LogP contribution in [-0.2, 0) is 199 Å². The maximum absolute atomic E-state index is 12.0. The summed E-state index contributed by atoms with van der Waals surface area (Å²) in [4.78, 5) is 23.9. The zero-order valence-electron chi connectivity index (χ0n) is 82.1. The maximum Gasteiger partial charge on any atom is 0.140 e. The van der Waals surface area contributed by atoms with Crippen LogP contribution in [0.5, 0.6) is 0 Å². The third-order valence-corrected chi connectivity index (χ3v) is 16.9. The lowest BCUT2D eigenvalue weighted by Gasteiger charge is -2.16. The Morgan fingerprint density at radius 1 is 0.149 bits per heavy atom. The molecule has 0 N–H and O–H groups in total. The average molecular weight is 1960 g/mol. The Morgan fingerprint density at radius 2 is 0.254 bits per heavy atom. The van der Waals surface area contributed by atoms with E-state index in [0.717, 1.165) is 0 Å². The van der Waals surface area contributed by atoms with Crippen molar-refractivity contribution in [3.8, 4) is 12.3 Å². The van der Waals surface area contributed by atoms with Crippen molar-refractivity contribution in [2.24, 2.45) is 5.41 Å². The highest BCUT2D eigenvalue weighted by atomic mass is 16.6. The molecule has 134 heavy (non-hydrogen) atoms. The van der Waals surface area contributed by atoms with Crippen LogP contribution < -0.4 is 0 Å². The minimum Gasteiger partial charge on any atom is -0.379 e. The third kappa shape index (κ3) is 122. The predicted octanol–water partition coefficient (Wildman–Crippen LogP) is 3.03. The van der Waals surface area contributed by atoms with Crippen LogP contribution in [0.2, 0.25) is 0 Å². The fourth-order valence-electron chi connectivity index (χ4n) is 9.81. The molecule has 0 heterocycles. The van der Waals surface area contributed by atoms with Gasteiger partial charge in [-0.25, -0.2) is 0 Å². The van der Waals surface area contributed by atoms with Crippen molar-refractivity contribution >= 4 is 11.6 Å². The van der Waals surface area contributed by atoms with E-state index in [1.165, 1.54) is 0 Å². The first kappa shape index (κ1) is 131. The van der Waals surface area contributed by atoms with Crippen molar-refractivity contribution in [2.45, 2.75) is 46.5 Å². The van der Waals surface area contributed by atoms with Gasteiger partial charge in [0.2, 0.25) is 0 Å². The normalized spacial score (nSPS) is 11.9. The summed E-state index contributed by atoms with van der Waals surface area (Å²) in [6, 6.07) is 0.